The Labute approximate surface area is 115 Å². The zero-order valence-electron chi connectivity index (χ0n) is 10.5. The van der Waals surface area contributed by atoms with E-state index in [0.717, 1.165) is 5.56 Å². The molecule has 1 unspecified atom stereocenters. The molecular formula is C14H17ClF3N. The fourth-order valence-corrected chi connectivity index (χ4v) is 2.99. The van der Waals surface area contributed by atoms with Crippen LogP contribution in [0.1, 0.15) is 37.3 Å². The molecule has 2 rings (SSSR count). The Kier molecular flexibility index (Phi) is 4.41. The summed E-state index contributed by atoms with van der Waals surface area (Å²) in [6.45, 7) is 0. The number of hydrogen-bond donors (Lipinski definition) is 1. The van der Waals surface area contributed by atoms with Crippen LogP contribution < -0.4 is 5.73 Å². The average Bonchev–Trinajstić information content (AvgIpc) is 2.37. The van der Waals surface area contributed by atoms with Crippen molar-refractivity contribution in [2.45, 2.75) is 37.9 Å². The first-order valence-corrected chi connectivity index (χ1v) is 6.83. The summed E-state index contributed by atoms with van der Waals surface area (Å²) in [5, 5.41) is 0.608. The van der Waals surface area contributed by atoms with Crippen molar-refractivity contribution in [3.05, 3.63) is 34.9 Å². The molecule has 1 saturated carbocycles. The molecule has 0 saturated heterocycles. The smallest absolute Gasteiger partial charge is 0.324 e. The minimum Gasteiger partial charge on any atom is -0.324 e. The third-order valence-corrected chi connectivity index (χ3v) is 4.21. The Bertz CT molecular complexity index is 425. The molecule has 1 nitrogen and oxygen atoms in total. The Morgan fingerprint density at radius 2 is 1.79 bits per heavy atom. The summed E-state index contributed by atoms with van der Waals surface area (Å²) in [6, 6.07) is 7.03. The average molecular weight is 292 g/mol. The van der Waals surface area contributed by atoms with Crippen LogP contribution in [0.15, 0.2) is 24.3 Å². The largest absolute Gasteiger partial charge is 0.391 e. The lowest BCUT2D eigenvalue weighted by Crippen LogP contribution is -2.31. The maximum Gasteiger partial charge on any atom is 0.391 e. The maximum atomic E-state index is 12.6. The fraction of sp³-hybridized carbons (Fsp3) is 0.571. The van der Waals surface area contributed by atoms with Crippen LogP contribution in [0.4, 0.5) is 13.2 Å². The molecule has 0 bridgehead atoms. The molecular weight excluding hydrogens is 275 g/mol. The van der Waals surface area contributed by atoms with E-state index in [9.17, 15) is 13.2 Å². The van der Waals surface area contributed by atoms with Crippen molar-refractivity contribution in [3.63, 3.8) is 0 Å². The molecule has 1 aromatic rings. The van der Waals surface area contributed by atoms with Crippen molar-refractivity contribution in [1.29, 1.82) is 0 Å². The predicted octanol–water partition coefficient (Wildman–Crippen LogP) is 4.71. The van der Waals surface area contributed by atoms with E-state index in [0.29, 0.717) is 17.9 Å². The number of rotatable bonds is 2. The molecule has 0 radical (unpaired) electrons. The van der Waals surface area contributed by atoms with E-state index < -0.39 is 12.1 Å². The molecule has 0 aromatic heterocycles. The van der Waals surface area contributed by atoms with Gasteiger partial charge in [-0.05, 0) is 49.3 Å². The molecule has 0 spiro atoms. The highest BCUT2D eigenvalue weighted by atomic mass is 35.5. The normalized spacial score (nSPS) is 26.2. The summed E-state index contributed by atoms with van der Waals surface area (Å²) in [5.74, 6) is -1.05. The Morgan fingerprint density at radius 3 is 2.32 bits per heavy atom. The topological polar surface area (TPSA) is 26.0 Å². The second-order valence-corrected chi connectivity index (χ2v) is 5.67. The van der Waals surface area contributed by atoms with Crippen LogP contribution in [-0.4, -0.2) is 6.18 Å². The van der Waals surface area contributed by atoms with Crippen LogP contribution in [0.5, 0.6) is 0 Å². The van der Waals surface area contributed by atoms with E-state index in [-0.39, 0.29) is 24.8 Å². The molecule has 0 heterocycles. The van der Waals surface area contributed by atoms with Gasteiger partial charge in [0.1, 0.15) is 0 Å². The van der Waals surface area contributed by atoms with E-state index in [1.165, 1.54) is 0 Å². The minimum absolute atomic E-state index is 0.108. The molecule has 1 aliphatic rings. The summed E-state index contributed by atoms with van der Waals surface area (Å²) in [4.78, 5) is 0. The molecule has 1 fully saturated rings. The van der Waals surface area contributed by atoms with Crippen LogP contribution in [0.25, 0.3) is 0 Å². The maximum absolute atomic E-state index is 12.6. The molecule has 1 atom stereocenters. The lowest BCUT2D eigenvalue weighted by atomic mass is 9.77. The van der Waals surface area contributed by atoms with Gasteiger partial charge >= 0.3 is 6.18 Å². The number of halogens is 4. The molecule has 1 aromatic carbocycles. The van der Waals surface area contributed by atoms with Crippen molar-refractivity contribution in [1.82, 2.24) is 0 Å². The van der Waals surface area contributed by atoms with Crippen LogP contribution in [0.3, 0.4) is 0 Å². The summed E-state index contributed by atoms with van der Waals surface area (Å²) >= 11 is 5.91. The zero-order valence-corrected chi connectivity index (χ0v) is 11.2. The van der Waals surface area contributed by atoms with Crippen molar-refractivity contribution < 1.29 is 13.2 Å². The quantitative estimate of drug-likeness (QED) is 0.839. The van der Waals surface area contributed by atoms with E-state index in [4.69, 9.17) is 17.3 Å². The standard InChI is InChI=1S/C14H17ClF3N/c15-12-3-1-2-10(8-12)13(19)9-4-6-11(7-5-9)14(16,17)18/h1-3,8-9,11,13H,4-7,19H2. The fourth-order valence-electron chi connectivity index (χ4n) is 2.79. The van der Waals surface area contributed by atoms with Gasteiger partial charge in [0, 0.05) is 11.1 Å². The van der Waals surface area contributed by atoms with Gasteiger partial charge in [-0.15, -0.1) is 0 Å². The van der Waals surface area contributed by atoms with Gasteiger partial charge in [-0.25, -0.2) is 0 Å². The Hall–Kier alpha value is -0.740. The number of hydrogen-bond acceptors (Lipinski definition) is 1. The van der Waals surface area contributed by atoms with Gasteiger partial charge in [-0.1, -0.05) is 23.7 Å². The highest BCUT2D eigenvalue weighted by molar-refractivity contribution is 6.30. The summed E-state index contributed by atoms with van der Waals surface area (Å²) < 4.78 is 37.8. The van der Waals surface area contributed by atoms with Gasteiger partial charge in [0.2, 0.25) is 0 Å². The summed E-state index contributed by atoms with van der Waals surface area (Å²) in [7, 11) is 0. The summed E-state index contributed by atoms with van der Waals surface area (Å²) in [6.07, 6.45) is -2.65. The lowest BCUT2D eigenvalue weighted by Gasteiger charge is -2.33. The Balaban J connectivity index is 1.98. The van der Waals surface area contributed by atoms with Crippen LogP contribution in [0, 0.1) is 11.8 Å². The van der Waals surface area contributed by atoms with Gasteiger partial charge in [-0.3, -0.25) is 0 Å². The second-order valence-electron chi connectivity index (χ2n) is 5.23. The Morgan fingerprint density at radius 1 is 1.16 bits per heavy atom. The third kappa shape index (κ3) is 3.63. The highest BCUT2D eigenvalue weighted by Gasteiger charge is 2.42. The number of benzene rings is 1. The highest BCUT2D eigenvalue weighted by Crippen LogP contribution is 2.42. The van der Waals surface area contributed by atoms with Crippen molar-refractivity contribution in [3.8, 4) is 0 Å². The van der Waals surface area contributed by atoms with E-state index in [1.807, 2.05) is 12.1 Å². The van der Waals surface area contributed by atoms with E-state index >= 15 is 0 Å². The SMILES string of the molecule is NC(c1cccc(Cl)c1)C1CCC(C(F)(F)F)CC1. The van der Waals surface area contributed by atoms with Crippen LogP contribution >= 0.6 is 11.6 Å². The van der Waals surface area contributed by atoms with Gasteiger partial charge < -0.3 is 5.73 Å². The first-order valence-electron chi connectivity index (χ1n) is 6.45. The second kappa shape index (κ2) is 5.71. The molecule has 106 valence electrons. The van der Waals surface area contributed by atoms with Gasteiger partial charge in [0.05, 0.1) is 5.92 Å². The molecule has 0 aliphatic heterocycles. The molecule has 19 heavy (non-hydrogen) atoms. The lowest BCUT2D eigenvalue weighted by molar-refractivity contribution is -0.184. The van der Waals surface area contributed by atoms with Crippen molar-refractivity contribution in [2.24, 2.45) is 17.6 Å². The van der Waals surface area contributed by atoms with E-state index in [2.05, 4.69) is 0 Å². The molecule has 2 N–H and O–H groups in total. The first kappa shape index (κ1) is 14.7. The van der Waals surface area contributed by atoms with Crippen molar-refractivity contribution in [2.75, 3.05) is 0 Å². The molecule has 0 amide bonds. The third-order valence-electron chi connectivity index (χ3n) is 3.98. The monoisotopic (exact) mass is 291 g/mol. The summed E-state index contributed by atoms with van der Waals surface area (Å²) in [5.41, 5.74) is 7.06. The van der Waals surface area contributed by atoms with Gasteiger partial charge in [0.15, 0.2) is 0 Å². The predicted molar refractivity (Wildman–Crippen MR) is 69.9 cm³/mol. The number of alkyl halides is 3. The first-order chi connectivity index (χ1) is 8.88. The van der Waals surface area contributed by atoms with Crippen LogP contribution in [0.2, 0.25) is 5.02 Å². The number of nitrogens with two attached hydrogens (primary N) is 1. The molecule has 5 heteroatoms. The zero-order chi connectivity index (χ0) is 14.0. The van der Waals surface area contributed by atoms with E-state index in [1.54, 1.807) is 12.1 Å². The van der Waals surface area contributed by atoms with Gasteiger partial charge in [-0.2, -0.15) is 13.2 Å². The van der Waals surface area contributed by atoms with Gasteiger partial charge in [0.25, 0.3) is 0 Å². The minimum atomic E-state index is -4.06. The molecule has 1 aliphatic carbocycles. The van der Waals surface area contributed by atoms with Crippen LogP contribution in [-0.2, 0) is 0 Å². The van der Waals surface area contributed by atoms with Crippen molar-refractivity contribution >= 4 is 11.6 Å².